The van der Waals surface area contributed by atoms with E-state index < -0.39 is 0 Å². The number of hydrogen-bond donors (Lipinski definition) is 1. The summed E-state index contributed by atoms with van der Waals surface area (Å²) in [5, 5.41) is 5.71. The number of ether oxygens (including phenoxy) is 1. The van der Waals surface area contributed by atoms with Gasteiger partial charge in [-0.15, -0.1) is 0 Å². The van der Waals surface area contributed by atoms with Crippen LogP contribution < -0.4 is 4.74 Å². The third kappa shape index (κ3) is 3.41. The number of hydrogen-bond acceptors (Lipinski definition) is 4. The fourth-order valence-corrected chi connectivity index (χ4v) is 5.02. The molecule has 2 aromatic carbocycles. The molecule has 0 unspecified atom stereocenters. The Morgan fingerprint density at radius 3 is 2.71 bits per heavy atom. The van der Waals surface area contributed by atoms with Crippen LogP contribution in [0, 0.1) is 0 Å². The highest BCUT2D eigenvalue weighted by Crippen LogP contribution is 2.35. The molecule has 1 aliphatic heterocycles. The molecule has 0 spiro atoms. The van der Waals surface area contributed by atoms with Crippen molar-refractivity contribution >= 4 is 22.5 Å². The minimum Gasteiger partial charge on any atom is -0.497 e. The summed E-state index contributed by atoms with van der Waals surface area (Å²) in [6.45, 7) is 1.41. The van der Waals surface area contributed by atoms with Gasteiger partial charge in [0.2, 0.25) is 0 Å². The Bertz CT molecular complexity index is 1480. The van der Waals surface area contributed by atoms with Crippen molar-refractivity contribution in [2.75, 3.05) is 20.2 Å². The Labute approximate surface area is 197 Å². The van der Waals surface area contributed by atoms with Crippen molar-refractivity contribution in [2.45, 2.75) is 18.8 Å². The second-order valence-corrected chi connectivity index (χ2v) is 8.71. The Morgan fingerprint density at radius 1 is 1.09 bits per heavy atom. The van der Waals surface area contributed by atoms with Crippen molar-refractivity contribution in [3.63, 3.8) is 0 Å². The number of nitrogens with one attached hydrogen (secondary N) is 1. The van der Waals surface area contributed by atoms with Gasteiger partial charge in [0, 0.05) is 41.9 Å². The molecule has 0 radical (unpaired) electrons. The first-order chi connectivity index (χ1) is 16.7. The van der Waals surface area contributed by atoms with Crippen molar-refractivity contribution in [3.05, 3.63) is 84.3 Å². The number of amides is 1. The van der Waals surface area contributed by atoms with Crippen molar-refractivity contribution < 1.29 is 9.53 Å². The molecule has 0 aliphatic carbocycles. The molecule has 170 valence electrons. The Hall–Kier alpha value is -4.13. The summed E-state index contributed by atoms with van der Waals surface area (Å²) in [6, 6.07) is 18.1. The highest BCUT2D eigenvalue weighted by Gasteiger charge is 2.28. The summed E-state index contributed by atoms with van der Waals surface area (Å²) in [7, 11) is 1.69. The van der Waals surface area contributed by atoms with E-state index in [0.29, 0.717) is 30.2 Å². The summed E-state index contributed by atoms with van der Waals surface area (Å²) in [5.74, 6) is 1.25. The molecule has 7 nitrogen and oxygen atoms in total. The first-order valence-electron chi connectivity index (χ1n) is 11.6. The molecule has 1 aliphatic rings. The van der Waals surface area contributed by atoms with E-state index >= 15 is 0 Å². The van der Waals surface area contributed by atoms with Crippen molar-refractivity contribution in [1.82, 2.24) is 24.5 Å². The highest BCUT2D eigenvalue weighted by molar-refractivity contribution is 6.00. The molecule has 5 aromatic rings. The number of fused-ring (bicyclic) bond motifs is 2. The van der Waals surface area contributed by atoms with Crippen molar-refractivity contribution in [3.8, 4) is 17.0 Å². The molecule has 0 saturated carbocycles. The van der Waals surface area contributed by atoms with Gasteiger partial charge in [-0.2, -0.15) is 5.10 Å². The second-order valence-electron chi connectivity index (χ2n) is 8.71. The third-order valence-corrected chi connectivity index (χ3v) is 6.84. The summed E-state index contributed by atoms with van der Waals surface area (Å²) < 4.78 is 7.17. The van der Waals surface area contributed by atoms with Gasteiger partial charge in [0.1, 0.15) is 11.3 Å². The molecule has 1 saturated heterocycles. The van der Waals surface area contributed by atoms with Crippen LogP contribution in [0.5, 0.6) is 5.75 Å². The standard InChI is InChI=1S/C27H25N5O2/c1-34-20-7-8-24-21(15-20)22(16-29-24)18-10-13-31(14-11-18)27(33)23-17-30-32-25(9-12-28-26(23)32)19-5-3-2-4-6-19/h2-9,12,15-18,29H,10-11,13-14H2,1H3. The SMILES string of the molecule is COc1ccc2[nH]cc(C3CCN(C(=O)c4cnn5c(-c6ccccc6)ccnc45)CC3)c2c1. The van der Waals surface area contributed by atoms with E-state index in [1.54, 1.807) is 24.0 Å². The normalized spacial score (nSPS) is 14.7. The fraction of sp³-hybridized carbons (Fsp3) is 0.222. The molecule has 0 atom stereocenters. The molecule has 34 heavy (non-hydrogen) atoms. The fourth-order valence-electron chi connectivity index (χ4n) is 5.02. The van der Waals surface area contributed by atoms with Gasteiger partial charge in [0.15, 0.2) is 5.65 Å². The van der Waals surface area contributed by atoms with E-state index in [0.717, 1.165) is 35.4 Å². The lowest BCUT2D eigenvalue weighted by Gasteiger charge is -2.31. The topological polar surface area (TPSA) is 75.5 Å². The lowest BCUT2D eigenvalue weighted by Crippen LogP contribution is -2.37. The molecular weight excluding hydrogens is 426 g/mol. The number of nitrogens with zero attached hydrogens (tertiary/aromatic N) is 4. The van der Waals surface area contributed by atoms with Crippen LogP contribution in [-0.2, 0) is 0 Å². The zero-order chi connectivity index (χ0) is 23.1. The predicted molar refractivity (Wildman–Crippen MR) is 131 cm³/mol. The summed E-state index contributed by atoms with van der Waals surface area (Å²) >= 11 is 0. The van der Waals surface area contributed by atoms with Crippen LogP contribution in [0.3, 0.4) is 0 Å². The largest absolute Gasteiger partial charge is 0.497 e. The lowest BCUT2D eigenvalue weighted by molar-refractivity contribution is 0.0715. The smallest absolute Gasteiger partial charge is 0.259 e. The van der Waals surface area contributed by atoms with E-state index in [1.807, 2.05) is 47.4 Å². The van der Waals surface area contributed by atoms with E-state index in [-0.39, 0.29) is 5.91 Å². The Balaban J connectivity index is 1.23. The average molecular weight is 452 g/mol. The minimum atomic E-state index is -0.00763. The molecule has 3 aromatic heterocycles. The zero-order valence-electron chi connectivity index (χ0n) is 18.9. The first kappa shape index (κ1) is 20.5. The lowest BCUT2D eigenvalue weighted by atomic mass is 9.89. The van der Waals surface area contributed by atoms with Gasteiger partial charge in [-0.05, 0) is 48.6 Å². The molecule has 0 bridgehead atoms. The summed E-state index contributed by atoms with van der Waals surface area (Å²) in [4.78, 5) is 23.2. The molecule has 1 amide bonds. The van der Waals surface area contributed by atoms with Gasteiger partial charge >= 0.3 is 0 Å². The summed E-state index contributed by atoms with van der Waals surface area (Å²) in [6.07, 6.45) is 7.32. The van der Waals surface area contributed by atoms with Crippen LogP contribution in [0.4, 0.5) is 0 Å². The molecule has 6 rings (SSSR count). The Morgan fingerprint density at radius 2 is 1.91 bits per heavy atom. The van der Waals surface area contributed by atoms with Gasteiger partial charge in [0.25, 0.3) is 5.91 Å². The maximum absolute atomic E-state index is 13.4. The number of likely N-dealkylation sites (tertiary alicyclic amines) is 1. The quantitative estimate of drug-likeness (QED) is 0.421. The number of aromatic amines is 1. The molecule has 1 N–H and O–H groups in total. The monoisotopic (exact) mass is 451 g/mol. The van der Waals surface area contributed by atoms with Gasteiger partial charge in [-0.1, -0.05) is 30.3 Å². The maximum atomic E-state index is 13.4. The molecule has 4 heterocycles. The minimum absolute atomic E-state index is 0.00763. The summed E-state index contributed by atoms with van der Waals surface area (Å²) in [5.41, 5.74) is 5.50. The molecular formula is C27H25N5O2. The average Bonchev–Trinajstić information content (AvgIpc) is 3.53. The number of methoxy groups -OCH3 is 1. The zero-order valence-corrected chi connectivity index (χ0v) is 18.9. The van der Waals surface area contributed by atoms with Crippen LogP contribution >= 0.6 is 0 Å². The maximum Gasteiger partial charge on any atom is 0.259 e. The molecule has 1 fully saturated rings. The number of carbonyl (C=O) groups excluding carboxylic acids is 1. The van der Waals surface area contributed by atoms with Gasteiger partial charge in [-0.25, -0.2) is 9.50 Å². The van der Waals surface area contributed by atoms with Crippen LogP contribution in [0.25, 0.3) is 27.8 Å². The van der Waals surface area contributed by atoms with Crippen molar-refractivity contribution in [1.29, 1.82) is 0 Å². The van der Waals surface area contributed by atoms with Gasteiger partial charge < -0.3 is 14.6 Å². The highest BCUT2D eigenvalue weighted by atomic mass is 16.5. The number of H-pyrrole nitrogens is 1. The molecule has 7 heteroatoms. The van der Waals surface area contributed by atoms with Crippen LogP contribution in [0.1, 0.15) is 34.7 Å². The van der Waals surface area contributed by atoms with E-state index in [4.69, 9.17) is 4.74 Å². The number of rotatable bonds is 4. The van der Waals surface area contributed by atoms with E-state index in [9.17, 15) is 4.79 Å². The third-order valence-electron chi connectivity index (χ3n) is 6.84. The predicted octanol–water partition coefficient (Wildman–Crippen LogP) is 4.91. The van der Waals surface area contributed by atoms with Crippen LogP contribution in [0.2, 0.25) is 0 Å². The van der Waals surface area contributed by atoms with Crippen molar-refractivity contribution in [2.24, 2.45) is 0 Å². The second kappa shape index (κ2) is 8.33. The number of piperidine rings is 1. The van der Waals surface area contributed by atoms with Gasteiger partial charge in [0.05, 0.1) is 19.0 Å². The number of carbonyl (C=O) groups is 1. The first-order valence-corrected chi connectivity index (χ1v) is 11.6. The van der Waals surface area contributed by atoms with Crippen LogP contribution in [0.15, 0.2) is 73.2 Å². The number of aromatic nitrogens is 4. The van der Waals surface area contributed by atoms with E-state index in [1.165, 1.54) is 10.9 Å². The van der Waals surface area contributed by atoms with Crippen LogP contribution in [-0.4, -0.2) is 50.6 Å². The van der Waals surface area contributed by atoms with E-state index in [2.05, 4.69) is 33.4 Å². The number of benzene rings is 2. The Kier molecular flexibility index (Phi) is 5.02. The van der Waals surface area contributed by atoms with Gasteiger partial charge in [-0.3, -0.25) is 4.79 Å².